The van der Waals surface area contributed by atoms with Gasteiger partial charge in [0.05, 0.1) is 12.8 Å². The van der Waals surface area contributed by atoms with Crippen LogP contribution in [0.15, 0.2) is 54.6 Å². The lowest BCUT2D eigenvalue weighted by atomic mass is 10.1. The number of rotatable bonds is 6. The maximum absolute atomic E-state index is 11.9. The van der Waals surface area contributed by atoms with Crippen molar-refractivity contribution in [3.05, 3.63) is 60.2 Å². The molecule has 0 bridgehead atoms. The lowest BCUT2D eigenvalue weighted by Gasteiger charge is -2.13. The fourth-order valence-electron chi connectivity index (χ4n) is 2.20. The van der Waals surface area contributed by atoms with Crippen molar-refractivity contribution in [3.8, 4) is 5.75 Å². The first-order valence-electron chi connectivity index (χ1n) is 7.97. The molecule has 0 aliphatic heterocycles. The lowest BCUT2D eigenvalue weighted by molar-refractivity contribution is 0.250. The van der Waals surface area contributed by atoms with Gasteiger partial charge in [-0.2, -0.15) is 0 Å². The molecule has 0 aliphatic carbocycles. The molecule has 2 rings (SSSR count). The van der Waals surface area contributed by atoms with E-state index >= 15 is 0 Å². The van der Waals surface area contributed by atoms with E-state index in [9.17, 15) is 4.79 Å². The Bertz CT molecular complexity index is 694. The molecule has 0 unspecified atom stereocenters. The number of para-hydroxylation sites is 2. The van der Waals surface area contributed by atoms with Gasteiger partial charge >= 0.3 is 6.03 Å². The molecule has 2 aromatic carbocycles. The van der Waals surface area contributed by atoms with Gasteiger partial charge < -0.3 is 15.4 Å². The molecule has 0 saturated carbocycles. The summed E-state index contributed by atoms with van der Waals surface area (Å²) in [6.07, 6.45) is 1.91. The number of hydrogen-bond acceptors (Lipinski definition) is 3. The Morgan fingerprint density at radius 3 is 2.52 bits per heavy atom. The molecule has 0 atom stereocenters. The van der Waals surface area contributed by atoms with Crippen LogP contribution in [0, 0.1) is 0 Å². The molecule has 2 aromatic rings. The Morgan fingerprint density at radius 1 is 1.04 bits per heavy atom. The van der Waals surface area contributed by atoms with Crippen LogP contribution in [0.3, 0.4) is 0 Å². The first-order valence-corrected chi connectivity index (χ1v) is 8.37. The van der Waals surface area contributed by atoms with E-state index < -0.39 is 6.03 Å². The molecule has 6 nitrogen and oxygen atoms in total. The van der Waals surface area contributed by atoms with Crippen molar-refractivity contribution in [2.45, 2.75) is 12.8 Å². The second kappa shape index (κ2) is 10.1. The zero-order chi connectivity index (χ0) is 17.9. The quantitative estimate of drug-likeness (QED) is 0.363. The summed E-state index contributed by atoms with van der Waals surface area (Å²) < 4.78 is 5.17. The number of anilines is 1. The topological polar surface area (TPSA) is 74.4 Å². The summed E-state index contributed by atoms with van der Waals surface area (Å²) in [5, 5.41) is 6.09. The number of hydrogen-bond donors (Lipinski definition) is 4. The molecule has 0 heterocycles. The zero-order valence-electron chi connectivity index (χ0n) is 14.0. The molecule has 0 spiro atoms. The van der Waals surface area contributed by atoms with Crippen LogP contribution in [-0.2, 0) is 6.42 Å². The van der Waals surface area contributed by atoms with Crippen molar-refractivity contribution in [2.24, 2.45) is 0 Å². The number of urea groups is 1. The summed E-state index contributed by atoms with van der Waals surface area (Å²) in [6, 6.07) is 17.0. The maximum Gasteiger partial charge on any atom is 0.338 e. The van der Waals surface area contributed by atoms with Crippen LogP contribution in [-0.4, -0.2) is 24.8 Å². The van der Waals surface area contributed by atoms with Crippen LogP contribution in [0.1, 0.15) is 12.0 Å². The Morgan fingerprint density at radius 2 is 1.76 bits per heavy atom. The molecule has 0 aromatic heterocycles. The molecule has 7 heteroatoms. The number of ether oxygens (including phenoxy) is 1. The highest BCUT2D eigenvalue weighted by Gasteiger charge is 2.06. The molecule has 0 fully saturated rings. The van der Waals surface area contributed by atoms with E-state index in [1.807, 2.05) is 30.3 Å². The number of benzene rings is 2. The van der Waals surface area contributed by atoms with E-state index in [4.69, 9.17) is 17.0 Å². The van der Waals surface area contributed by atoms with E-state index in [1.54, 1.807) is 19.2 Å². The minimum atomic E-state index is -0.432. The average Bonchev–Trinajstić information content (AvgIpc) is 2.65. The molecular weight excluding hydrogens is 336 g/mol. The molecule has 132 valence electrons. The highest BCUT2D eigenvalue weighted by molar-refractivity contribution is 7.80. The fourth-order valence-corrected chi connectivity index (χ4v) is 2.35. The SMILES string of the molecule is COc1ccccc1NC(=O)NNC(=S)NCCCc1ccccc1. The summed E-state index contributed by atoms with van der Waals surface area (Å²) in [5.41, 5.74) is 7.00. The molecule has 0 aliphatic rings. The van der Waals surface area contributed by atoms with Crippen molar-refractivity contribution in [1.82, 2.24) is 16.2 Å². The Hall–Kier alpha value is -2.80. The van der Waals surface area contributed by atoms with Gasteiger partial charge in [0.25, 0.3) is 0 Å². The summed E-state index contributed by atoms with van der Waals surface area (Å²) in [4.78, 5) is 11.9. The number of carbonyl (C=O) groups is 1. The van der Waals surface area contributed by atoms with Gasteiger partial charge in [-0.05, 0) is 42.8 Å². The zero-order valence-corrected chi connectivity index (χ0v) is 14.9. The van der Waals surface area contributed by atoms with Gasteiger partial charge in [0.2, 0.25) is 0 Å². The minimum absolute atomic E-state index is 0.364. The monoisotopic (exact) mass is 358 g/mol. The normalized spacial score (nSPS) is 9.80. The first-order chi connectivity index (χ1) is 12.2. The Balaban J connectivity index is 1.63. The molecule has 2 amide bonds. The number of amides is 2. The van der Waals surface area contributed by atoms with Crippen molar-refractivity contribution < 1.29 is 9.53 Å². The van der Waals surface area contributed by atoms with Gasteiger partial charge in [-0.1, -0.05) is 42.5 Å². The van der Waals surface area contributed by atoms with E-state index in [1.165, 1.54) is 5.56 Å². The van der Waals surface area contributed by atoms with Crippen molar-refractivity contribution in [1.29, 1.82) is 0 Å². The van der Waals surface area contributed by atoms with E-state index in [0.29, 0.717) is 16.5 Å². The number of aryl methyl sites for hydroxylation is 1. The predicted molar refractivity (Wildman–Crippen MR) is 104 cm³/mol. The standard InChI is InChI=1S/C18H22N4O2S/c1-24-16-12-6-5-11-15(16)20-17(23)21-22-18(25)19-13-7-10-14-8-3-2-4-9-14/h2-6,8-9,11-12H,7,10,13H2,1H3,(H2,19,22,25)(H2,20,21,23). The lowest BCUT2D eigenvalue weighted by Crippen LogP contribution is -2.48. The first kappa shape index (κ1) is 18.5. The molecule has 0 saturated heterocycles. The van der Waals surface area contributed by atoms with Crippen LogP contribution in [0.5, 0.6) is 5.75 Å². The van der Waals surface area contributed by atoms with Crippen molar-refractivity contribution >= 4 is 29.0 Å². The number of methoxy groups -OCH3 is 1. The Kier molecular flexibility index (Phi) is 7.52. The molecule has 4 N–H and O–H groups in total. The van der Waals surface area contributed by atoms with Crippen LogP contribution in [0.2, 0.25) is 0 Å². The number of hydrazine groups is 1. The second-order valence-electron chi connectivity index (χ2n) is 5.25. The number of carbonyl (C=O) groups excluding carboxylic acids is 1. The summed E-state index contributed by atoms with van der Waals surface area (Å²) in [7, 11) is 1.55. The van der Waals surface area contributed by atoms with Gasteiger partial charge in [-0.15, -0.1) is 0 Å². The second-order valence-corrected chi connectivity index (χ2v) is 5.66. The molecule has 0 radical (unpaired) electrons. The highest BCUT2D eigenvalue weighted by Crippen LogP contribution is 2.22. The smallest absolute Gasteiger partial charge is 0.338 e. The van der Waals surface area contributed by atoms with Crippen molar-refractivity contribution in [3.63, 3.8) is 0 Å². The van der Waals surface area contributed by atoms with E-state index in [2.05, 4.69) is 33.6 Å². The number of thiocarbonyl (C=S) groups is 1. The van der Waals surface area contributed by atoms with Gasteiger partial charge in [0.1, 0.15) is 5.75 Å². The van der Waals surface area contributed by atoms with Gasteiger partial charge in [0, 0.05) is 6.54 Å². The van der Waals surface area contributed by atoms with Gasteiger partial charge in [-0.25, -0.2) is 10.2 Å². The highest BCUT2D eigenvalue weighted by atomic mass is 32.1. The van der Waals surface area contributed by atoms with Crippen molar-refractivity contribution in [2.75, 3.05) is 19.0 Å². The van der Waals surface area contributed by atoms with E-state index in [0.717, 1.165) is 19.4 Å². The third-order valence-corrected chi connectivity index (χ3v) is 3.66. The van der Waals surface area contributed by atoms with Crippen LogP contribution < -0.4 is 26.2 Å². The van der Waals surface area contributed by atoms with Crippen LogP contribution >= 0.6 is 12.2 Å². The largest absolute Gasteiger partial charge is 0.495 e. The molecular formula is C18H22N4O2S. The van der Waals surface area contributed by atoms with Gasteiger partial charge in [-0.3, -0.25) is 5.43 Å². The third kappa shape index (κ3) is 6.68. The van der Waals surface area contributed by atoms with Crippen LogP contribution in [0.25, 0.3) is 0 Å². The fraction of sp³-hybridized carbons (Fsp3) is 0.222. The number of nitrogens with one attached hydrogen (secondary N) is 4. The van der Waals surface area contributed by atoms with Gasteiger partial charge in [0.15, 0.2) is 5.11 Å². The average molecular weight is 358 g/mol. The summed E-state index contributed by atoms with van der Waals surface area (Å²) in [5.74, 6) is 0.583. The van der Waals surface area contributed by atoms with Crippen LogP contribution in [0.4, 0.5) is 10.5 Å². The third-order valence-electron chi connectivity index (χ3n) is 3.42. The summed E-state index contributed by atoms with van der Waals surface area (Å²) in [6.45, 7) is 0.719. The molecule has 25 heavy (non-hydrogen) atoms. The Labute approximate surface area is 152 Å². The predicted octanol–water partition coefficient (Wildman–Crippen LogP) is 2.83. The minimum Gasteiger partial charge on any atom is -0.495 e. The summed E-state index contributed by atoms with van der Waals surface area (Å²) >= 11 is 5.13. The maximum atomic E-state index is 11.9. The van der Waals surface area contributed by atoms with E-state index in [-0.39, 0.29) is 0 Å².